The molecule has 1 aliphatic heterocycles. The maximum atomic E-state index is 14.1. The Bertz CT molecular complexity index is 1070. The molecule has 32 heavy (non-hydrogen) atoms. The number of carbonyl (C=O) groups excluding carboxylic acids is 1. The molecule has 3 aromatic rings. The zero-order chi connectivity index (χ0) is 22.7. The molecule has 1 amide bonds. The topological polar surface area (TPSA) is 49.8 Å². The second-order valence-electron chi connectivity index (χ2n) is 8.03. The highest BCUT2D eigenvalue weighted by atomic mass is 32.1. The number of carbonyl (C=O) groups is 1. The Balaban J connectivity index is 1.50. The number of cyclic esters (lactones) is 1. The summed E-state index contributed by atoms with van der Waals surface area (Å²) in [6, 6.07) is 14.4. The molecule has 2 aromatic carbocycles. The molecule has 1 aromatic heterocycles. The van der Waals surface area contributed by atoms with Crippen molar-refractivity contribution in [2.45, 2.75) is 37.8 Å². The van der Waals surface area contributed by atoms with Crippen LogP contribution < -0.4 is 0 Å². The van der Waals surface area contributed by atoms with Gasteiger partial charge in [0.15, 0.2) is 0 Å². The van der Waals surface area contributed by atoms with Gasteiger partial charge in [-0.1, -0.05) is 30.3 Å². The molecule has 168 valence electrons. The number of nitrogens with zero attached hydrogens (tertiary/aromatic N) is 1. The number of hydrogen-bond donors (Lipinski definition) is 1. The monoisotopic (exact) mass is 457 g/mol. The van der Waals surface area contributed by atoms with E-state index in [2.05, 4.69) is 0 Å². The first kappa shape index (κ1) is 22.4. The molecule has 1 fully saturated rings. The van der Waals surface area contributed by atoms with Crippen molar-refractivity contribution in [1.82, 2.24) is 4.90 Å². The normalized spacial score (nSPS) is 19.6. The minimum Gasteiger partial charge on any atom is -0.437 e. The van der Waals surface area contributed by atoms with Crippen LogP contribution in [0.1, 0.15) is 42.7 Å². The fraction of sp³-hybridized carbons (Fsp3) is 0.320. The maximum Gasteiger partial charge on any atom is 0.411 e. The summed E-state index contributed by atoms with van der Waals surface area (Å²) >= 11 is 1.56. The van der Waals surface area contributed by atoms with Crippen molar-refractivity contribution >= 4 is 17.4 Å². The van der Waals surface area contributed by atoms with Gasteiger partial charge in [-0.05, 0) is 54.5 Å². The summed E-state index contributed by atoms with van der Waals surface area (Å²) in [4.78, 5) is 15.7. The fourth-order valence-corrected chi connectivity index (χ4v) is 5.16. The highest BCUT2D eigenvalue weighted by Gasteiger charge is 2.43. The third-order valence-electron chi connectivity index (χ3n) is 6.09. The molecule has 1 saturated heterocycles. The number of aliphatic hydroxyl groups excluding tert-OH is 1. The standard InChI is InChI=1S/C25H25F2NO3S/c1-17(18-5-7-19(8-6-18)21-10-9-20(26)16-22(21)27)28-13-12-25(11-3-14-29,31-24(28)30)23-4-2-15-32-23/h2,4-10,15-17,29H,3,11-14H2,1H3/t17-,25-/m0/s1. The smallest absolute Gasteiger partial charge is 0.411 e. The number of amides is 1. The summed E-state index contributed by atoms with van der Waals surface area (Å²) in [6.45, 7) is 2.50. The molecule has 0 aliphatic carbocycles. The molecule has 2 heterocycles. The van der Waals surface area contributed by atoms with E-state index in [1.165, 1.54) is 12.1 Å². The number of hydrogen-bond acceptors (Lipinski definition) is 4. The third-order valence-corrected chi connectivity index (χ3v) is 7.14. The van der Waals surface area contributed by atoms with Gasteiger partial charge in [-0.2, -0.15) is 0 Å². The molecule has 0 spiro atoms. The largest absolute Gasteiger partial charge is 0.437 e. The molecule has 0 unspecified atom stereocenters. The van der Waals surface area contributed by atoms with Crippen LogP contribution >= 0.6 is 11.3 Å². The minimum atomic E-state index is -0.700. The lowest BCUT2D eigenvalue weighted by molar-refractivity contribution is -0.0658. The van der Waals surface area contributed by atoms with E-state index in [0.29, 0.717) is 36.9 Å². The number of rotatable bonds is 7. The Morgan fingerprint density at radius 1 is 1.19 bits per heavy atom. The van der Waals surface area contributed by atoms with Crippen LogP contribution in [0.15, 0.2) is 60.0 Å². The summed E-state index contributed by atoms with van der Waals surface area (Å²) in [6.07, 6.45) is 1.39. The van der Waals surface area contributed by atoms with Crippen molar-refractivity contribution < 1.29 is 23.4 Å². The van der Waals surface area contributed by atoms with Crippen molar-refractivity contribution in [3.63, 3.8) is 0 Å². The predicted octanol–water partition coefficient (Wildman–Crippen LogP) is 6.26. The Labute approximate surface area is 190 Å². The molecule has 2 atom stereocenters. The van der Waals surface area contributed by atoms with Crippen molar-refractivity contribution in [3.8, 4) is 11.1 Å². The van der Waals surface area contributed by atoms with E-state index in [0.717, 1.165) is 16.5 Å². The van der Waals surface area contributed by atoms with Gasteiger partial charge in [0.1, 0.15) is 17.2 Å². The number of thiophene rings is 1. The van der Waals surface area contributed by atoms with Gasteiger partial charge < -0.3 is 14.7 Å². The van der Waals surface area contributed by atoms with E-state index in [9.17, 15) is 18.7 Å². The van der Waals surface area contributed by atoms with Crippen LogP contribution in [0.25, 0.3) is 11.1 Å². The summed E-state index contributed by atoms with van der Waals surface area (Å²) in [7, 11) is 0. The summed E-state index contributed by atoms with van der Waals surface area (Å²) in [5.74, 6) is -1.23. The Hall–Kier alpha value is -2.77. The third kappa shape index (κ3) is 4.40. The zero-order valence-corrected chi connectivity index (χ0v) is 18.6. The quantitative estimate of drug-likeness (QED) is 0.455. The van der Waals surface area contributed by atoms with Gasteiger partial charge >= 0.3 is 6.09 Å². The van der Waals surface area contributed by atoms with Gasteiger partial charge in [-0.15, -0.1) is 11.3 Å². The lowest BCUT2D eigenvalue weighted by Gasteiger charge is -2.43. The second kappa shape index (κ2) is 9.38. The second-order valence-corrected chi connectivity index (χ2v) is 8.98. The van der Waals surface area contributed by atoms with Crippen molar-refractivity contribution in [2.75, 3.05) is 13.2 Å². The van der Waals surface area contributed by atoms with Crippen LogP contribution in [0, 0.1) is 11.6 Å². The molecule has 1 N–H and O–H groups in total. The molecule has 7 heteroatoms. The number of aliphatic hydroxyl groups is 1. The molecule has 0 radical (unpaired) electrons. The lowest BCUT2D eigenvalue weighted by atomic mass is 9.89. The molecule has 0 saturated carbocycles. The van der Waals surface area contributed by atoms with E-state index in [1.807, 2.05) is 36.6 Å². The van der Waals surface area contributed by atoms with Gasteiger partial charge in [0.05, 0.1) is 6.04 Å². The zero-order valence-electron chi connectivity index (χ0n) is 17.8. The minimum absolute atomic E-state index is 0.0474. The number of benzene rings is 2. The Morgan fingerprint density at radius 3 is 2.59 bits per heavy atom. The van der Waals surface area contributed by atoms with Crippen LogP contribution in [0.2, 0.25) is 0 Å². The van der Waals surface area contributed by atoms with Crippen LogP contribution in [0.4, 0.5) is 13.6 Å². The molecular formula is C25H25F2NO3S. The van der Waals surface area contributed by atoms with E-state index in [4.69, 9.17) is 4.74 Å². The lowest BCUT2D eigenvalue weighted by Crippen LogP contribution is -2.48. The molecule has 1 aliphatic rings. The van der Waals surface area contributed by atoms with Crippen molar-refractivity contribution in [2.24, 2.45) is 0 Å². The molecule has 0 bridgehead atoms. The van der Waals surface area contributed by atoms with E-state index >= 15 is 0 Å². The Morgan fingerprint density at radius 2 is 1.97 bits per heavy atom. The summed E-state index contributed by atoms with van der Waals surface area (Å²) in [5, 5.41) is 11.3. The van der Waals surface area contributed by atoms with E-state index in [-0.39, 0.29) is 18.7 Å². The average Bonchev–Trinajstić information content (AvgIpc) is 3.33. The fourth-order valence-electron chi connectivity index (χ4n) is 4.24. The van der Waals surface area contributed by atoms with Crippen LogP contribution in [0.3, 0.4) is 0 Å². The maximum absolute atomic E-state index is 14.1. The van der Waals surface area contributed by atoms with Gasteiger partial charge in [0.2, 0.25) is 0 Å². The first-order valence-electron chi connectivity index (χ1n) is 10.6. The van der Waals surface area contributed by atoms with Crippen molar-refractivity contribution in [3.05, 3.63) is 82.1 Å². The summed E-state index contributed by atoms with van der Waals surface area (Å²) < 4.78 is 33.3. The first-order valence-corrected chi connectivity index (χ1v) is 11.5. The van der Waals surface area contributed by atoms with Gasteiger partial charge in [-0.3, -0.25) is 0 Å². The van der Waals surface area contributed by atoms with Crippen molar-refractivity contribution in [1.29, 1.82) is 0 Å². The van der Waals surface area contributed by atoms with Crippen LogP contribution in [-0.2, 0) is 10.3 Å². The SMILES string of the molecule is C[C@@H](c1ccc(-c2ccc(F)cc2F)cc1)N1CC[C@@](CCCO)(c2cccs2)OC1=O. The van der Waals surface area contributed by atoms with Gasteiger partial charge in [0, 0.05) is 36.1 Å². The molecule has 4 nitrogen and oxygen atoms in total. The predicted molar refractivity (Wildman–Crippen MR) is 120 cm³/mol. The highest BCUT2D eigenvalue weighted by Crippen LogP contribution is 2.42. The Kier molecular flexibility index (Phi) is 6.58. The summed E-state index contributed by atoms with van der Waals surface area (Å²) in [5.41, 5.74) is 1.16. The number of ether oxygens (including phenoxy) is 1. The van der Waals surface area contributed by atoms with E-state index < -0.39 is 17.2 Å². The van der Waals surface area contributed by atoms with Crippen LogP contribution in [-0.4, -0.2) is 29.3 Å². The molecular weight excluding hydrogens is 432 g/mol. The first-order chi connectivity index (χ1) is 15.4. The molecule has 4 rings (SSSR count). The van der Waals surface area contributed by atoms with Crippen LogP contribution in [0.5, 0.6) is 0 Å². The van der Waals surface area contributed by atoms with E-state index in [1.54, 1.807) is 28.4 Å². The van der Waals surface area contributed by atoms with Gasteiger partial charge in [-0.25, -0.2) is 13.6 Å². The average molecular weight is 458 g/mol. The van der Waals surface area contributed by atoms with Gasteiger partial charge in [0.25, 0.3) is 0 Å². The number of halogens is 2. The highest BCUT2D eigenvalue weighted by molar-refractivity contribution is 7.10.